The third-order valence-corrected chi connectivity index (χ3v) is 3.23. The van der Waals surface area contributed by atoms with Gasteiger partial charge in [-0.05, 0) is 24.5 Å². The second kappa shape index (κ2) is 7.66. The van der Waals surface area contributed by atoms with Gasteiger partial charge in [0, 0.05) is 6.42 Å². The van der Waals surface area contributed by atoms with Crippen molar-refractivity contribution in [3.8, 4) is 6.07 Å². The number of hydrogen-bond acceptors (Lipinski definition) is 2. The summed E-state index contributed by atoms with van der Waals surface area (Å²) in [7, 11) is 0. The van der Waals surface area contributed by atoms with Crippen LogP contribution in [0.25, 0.3) is 0 Å². The van der Waals surface area contributed by atoms with Crippen molar-refractivity contribution in [2.24, 2.45) is 0 Å². The number of nitriles is 1. The van der Waals surface area contributed by atoms with E-state index in [9.17, 15) is 10.1 Å². The third kappa shape index (κ3) is 4.00. The van der Waals surface area contributed by atoms with E-state index in [1.807, 2.05) is 31.2 Å². The van der Waals surface area contributed by atoms with Crippen molar-refractivity contribution >= 4 is 5.78 Å². The quantitative estimate of drug-likeness (QED) is 0.675. The number of nitrogens with zero attached hydrogens (tertiary/aromatic N) is 1. The normalized spacial score (nSPS) is 11.8. The zero-order valence-corrected chi connectivity index (χ0v) is 11.3. The van der Waals surface area contributed by atoms with Crippen LogP contribution in [0.15, 0.2) is 24.3 Å². The number of Topliss-reactive ketones (excluding diaryl/α,β-unsaturated/α-hetero) is 1. The Morgan fingerprint density at radius 2 is 2.00 bits per heavy atom. The Morgan fingerprint density at radius 1 is 1.28 bits per heavy atom. The molecule has 0 saturated carbocycles. The Labute approximate surface area is 110 Å². The van der Waals surface area contributed by atoms with Crippen molar-refractivity contribution in [2.45, 2.75) is 51.9 Å². The summed E-state index contributed by atoms with van der Waals surface area (Å²) < 4.78 is 0. The Kier molecular flexibility index (Phi) is 6.14. The van der Waals surface area contributed by atoms with Crippen LogP contribution in [0.3, 0.4) is 0 Å². The van der Waals surface area contributed by atoms with Gasteiger partial charge in [0.15, 0.2) is 5.78 Å². The molecule has 2 heteroatoms. The monoisotopic (exact) mass is 243 g/mol. The maximum atomic E-state index is 12.1. The van der Waals surface area contributed by atoms with Crippen molar-refractivity contribution in [2.75, 3.05) is 0 Å². The van der Waals surface area contributed by atoms with Gasteiger partial charge in [-0.15, -0.1) is 0 Å². The predicted molar refractivity (Wildman–Crippen MR) is 73.3 cm³/mol. The number of benzene rings is 1. The molecule has 0 spiro atoms. The summed E-state index contributed by atoms with van der Waals surface area (Å²) in [6, 6.07) is 9.80. The molecule has 0 saturated heterocycles. The minimum Gasteiger partial charge on any atom is -0.298 e. The molecule has 0 aromatic heterocycles. The topological polar surface area (TPSA) is 40.9 Å². The molecule has 18 heavy (non-hydrogen) atoms. The number of carbonyl (C=O) groups excluding carboxylic acids is 1. The van der Waals surface area contributed by atoms with Gasteiger partial charge in [0.1, 0.15) is 5.92 Å². The molecule has 1 rings (SSSR count). The summed E-state index contributed by atoms with van der Waals surface area (Å²) in [4.78, 5) is 12.1. The predicted octanol–water partition coefficient (Wildman–Crippen LogP) is 4.14. The van der Waals surface area contributed by atoms with Crippen LogP contribution in [0.2, 0.25) is 0 Å². The van der Waals surface area contributed by atoms with Crippen LogP contribution in [0, 0.1) is 18.3 Å². The highest BCUT2D eigenvalue weighted by molar-refractivity contribution is 5.88. The first kappa shape index (κ1) is 14.4. The highest BCUT2D eigenvalue weighted by Crippen LogP contribution is 2.22. The molecule has 2 nitrogen and oxygen atoms in total. The van der Waals surface area contributed by atoms with E-state index in [0.717, 1.165) is 36.8 Å². The summed E-state index contributed by atoms with van der Waals surface area (Å²) in [6.07, 6.45) is 4.82. The molecule has 0 radical (unpaired) electrons. The minimum absolute atomic E-state index is 0.0582. The lowest BCUT2D eigenvalue weighted by Crippen LogP contribution is -2.11. The lowest BCUT2D eigenvalue weighted by Gasteiger charge is -2.11. The van der Waals surface area contributed by atoms with Gasteiger partial charge >= 0.3 is 0 Å². The first-order valence-electron chi connectivity index (χ1n) is 6.68. The summed E-state index contributed by atoms with van der Waals surface area (Å²) in [6.45, 7) is 4.09. The van der Waals surface area contributed by atoms with E-state index in [2.05, 4.69) is 13.0 Å². The summed E-state index contributed by atoms with van der Waals surface area (Å²) in [5, 5.41) is 9.21. The van der Waals surface area contributed by atoms with Crippen LogP contribution in [0.4, 0.5) is 0 Å². The SMILES string of the molecule is CCCCCCC(=O)C(C#N)c1ccccc1C. The Hall–Kier alpha value is -1.62. The molecule has 0 N–H and O–H groups in total. The van der Waals surface area contributed by atoms with Gasteiger partial charge < -0.3 is 0 Å². The van der Waals surface area contributed by atoms with Crippen molar-refractivity contribution in [1.82, 2.24) is 0 Å². The van der Waals surface area contributed by atoms with E-state index < -0.39 is 5.92 Å². The molecule has 0 aliphatic carbocycles. The molecule has 1 aromatic rings. The minimum atomic E-state index is -0.590. The largest absolute Gasteiger partial charge is 0.298 e. The van der Waals surface area contributed by atoms with Gasteiger partial charge in [-0.25, -0.2) is 0 Å². The van der Waals surface area contributed by atoms with Crippen molar-refractivity contribution in [3.05, 3.63) is 35.4 Å². The van der Waals surface area contributed by atoms with Gasteiger partial charge in [-0.3, -0.25) is 4.79 Å². The van der Waals surface area contributed by atoms with Crippen LogP contribution in [-0.2, 0) is 4.79 Å². The fourth-order valence-electron chi connectivity index (χ4n) is 2.10. The second-order valence-corrected chi connectivity index (χ2v) is 4.70. The van der Waals surface area contributed by atoms with E-state index in [1.165, 1.54) is 0 Å². The average molecular weight is 243 g/mol. The highest BCUT2D eigenvalue weighted by Gasteiger charge is 2.20. The third-order valence-electron chi connectivity index (χ3n) is 3.23. The van der Waals surface area contributed by atoms with Crippen LogP contribution in [-0.4, -0.2) is 5.78 Å². The fraction of sp³-hybridized carbons (Fsp3) is 0.500. The molecule has 0 aliphatic heterocycles. The molecule has 0 fully saturated rings. The second-order valence-electron chi connectivity index (χ2n) is 4.70. The van der Waals surface area contributed by atoms with Gasteiger partial charge in [-0.1, -0.05) is 50.5 Å². The van der Waals surface area contributed by atoms with Crippen molar-refractivity contribution in [1.29, 1.82) is 5.26 Å². The summed E-state index contributed by atoms with van der Waals surface area (Å²) in [5.41, 5.74) is 1.88. The van der Waals surface area contributed by atoms with E-state index in [4.69, 9.17) is 0 Å². The van der Waals surface area contributed by atoms with E-state index in [-0.39, 0.29) is 5.78 Å². The number of rotatable bonds is 7. The number of unbranched alkanes of at least 4 members (excludes halogenated alkanes) is 3. The molecular weight excluding hydrogens is 222 g/mol. The fourth-order valence-corrected chi connectivity index (χ4v) is 2.10. The standard InChI is InChI=1S/C16H21NO/c1-3-4-5-6-11-16(18)15(12-17)14-10-8-7-9-13(14)2/h7-10,15H,3-6,11H2,1-2H3. The van der Waals surface area contributed by atoms with Gasteiger partial charge in [0.05, 0.1) is 6.07 Å². The lowest BCUT2D eigenvalue weighted by atomic mass is 9.90. The molecule has 0 amide bonds. The summed E-state index contributed by atoms with van der Waals surface area (Å²) >= 11 is 0. The van der Waals surface area contributed by atoms with Gasteiger partial charge in [0.2, 0.25) is 0 Å². The first-order chi connectivity index (χ1) is 8.70. The number of hydrogen-bond donors (Lipinski definition) is 0. The highest BCUT2D eigenvalue weighted by atomic mass is 16.1. The first-order valence-corrected chi connectivity index (χ1v) is 6.68. The molecule has 0 aliphatic rings. The zero-order valence-electron chi connectivity index (χ0n) is 11.3. The molecule has 0 bridgehead atoms. The van der Waals surface area contributed by atoms with Gasteiger partial charge in [-0.2, -0.15) is 5.26 Å². The zero-order chi connectivity index (χ0) is 13.4. The Bertz CT molecular complexity index is 431. The smallest absolute Gasteiger partial charge is 0.154 e. The molecule has 1 aromatic carbocycles. The maximum Gasteiger partial charge on any atom is 0.154 e. The maximum absolute atomic E-state index is 12.1. The number of ketones is 1. The van der Waals surface area contributed by atoms with E-state index in [1.54, 1.807) is 0 Å². The van der Waals surface area contributed by atoms with Crippen LogP contribution >= 0.6 is 0 Å². The van der Waals surface area contributed by atoms with Gasteiger partial charge in [0.25, 0.3) is 0 Å². The van der Waals surface area contributed by atoms with Crippen molar-refractivity contribution < 1.29 is 4.79 Å². The number of aryl methyl sites for hydroxylation is 1. The van der Waals surface area contributed by atoms with E-state index in [0.29, 0.717) is 6.42 Å². The molecule has 1 atom stereocenters. The van der Waals surface area contributed by atoms with E-state index >= 15 is 0 Å². The number of carbonyl (C=O) groups is 1. The van der Waals surface area contributed by atoms with Crippen LogP contribution < -0.4 is 0 Å². The Balaban J connectivity index is 2.64. The van der Waals surface area contributed by atoms with Crippen molar-refractivity contribution in [3.63, 3.8) is 0 Å². The lowest BCUT2D eigenvalue weighted by molar-refractivity contribution is -0.119. The Morgan fingerprint density at radius 3 is 2.61 bits per heavy atom. The molecular formula is C16H21NO. The average Bonchev–Trinajstić information content (AvgIpc) is 2.38. The summed E-state index contributed by atoms with van der Waals surface area (Å²) in [5.74, 6) is -0.532. The van der Waals surface area contributed by atoms with Crippen LogP contribution in [0.5, 0.6) is 0 Å². The molecule has 0 heterocycles. The molecule has 1 unspecified atom stereocenters. The molecule has 96 valence electrons. The van der Waals surface area contributed by atoms with Crippen LogP contribution in [0.1, 0.15) is 56.1 Å².